The zero-order valence-electron chi connectivity index (χ0n) is 15.2. The van der Waals surface area contributed by atoms with Crippen LogP contribution in [0.4, 0.5) is 0 Å². The first-order valence-electron chi connectivity index (χ1n) is 8.72. The molecule has 2 aromatic carbocycles. The summed E-state index contributed by atoms with van der Waals surface area (Å²) in [5, 5.41) is 0.0703. The molecule has 3 rings (SSSR count). The highest BCUT2D eigenvalue weighted by Gasteiger charge is 2.30. The van der Waals surface area contributed by atoms with Gasteiger partial charge in [-0.25, -0.2) is 13.1 Å². The number of amides is 1. The van der Waals surface area contributed by atoms with Crippen LogP contribution in [0.3, 0.4) is 0 Å². The average molecular weight is 443 g/mol. The summed E-state index contributed by atoms with van der Waals surface area (Å²) < 4.78 is 33.2. The summed E-state index contributed by atoms with van der Waals surface area (Å²) in [4.78, 5) is 14.0. The molecule has 1 amide bonds. The van der Waals surface area contributed by atoms with E-state index in [4.69, 9.17) is 27.9 Å². The quantitative estimate of drug-likeness (QED) is 0.677. The number of likely N-dealkylation sites (N-methyl/N-ethyl adjacent to an activating group) is 1. The summed E-state index contributed by atoms with van der Waals surface area (Å²) in [7, 11) is -2.22. The van der Waals surface area contributed by atoms with Gasteiger partial charge in [0.2, 0.25) is 10.0 Å². The first-order chi connectivity index (χ1) is 13.3. The molecule has 1 saturated carbocycles. The van der Waals surface area contributed by atoms with E-state index in [1.165, 1.54) is 17.0 Å². The number of nitrogens with one attached hydrogen (secondary N) is 1. The van der Waals surface area contributed by atoms with Crippen molar-refractivity contribution in [2.45, 2.75) is 23.8 Å². The molecule has 0 unspecified atom stereocenters. The normalized spacial score (nSPS) is 14.0. The number of para-hydroxylation sites is 1. The SMILES string of the molecule is CN(CCOc1ccccc1)C(=O)c1cc(S(=O)(=O)NC2CC2)c(Cl)cc1Cl. The van der Waals surface area contributed by atoms with Crippen molar-refractivity contribution in [1.29, 1.82) is 0 Å². The number of carbonyl (C=O) groups is 1. The van der Waals surface area contributed by atoms with Gasteiger partial charge < -0.3 is 9.64 Å². The third-order valence-electron chi connectivity index (χ3n) is 4.23. The lowest BCUT2D eigenvalue weighted by atomic mass is 10.2. The molecule has 0 aromatic heterocycles. The average Bonchev–Trinajstić information content (AvgIpc) is 3.45. The maximum absolute atomic E-state index is 12.8. The van der Waals surface area contributed by atoms with Gasteiger partial charge in [0.1, 0.15) is 17.3 Å². The van der Waals surface area contributed by atoms with Crippen molar-refractivity contribution in [2.24, 2.45) is 0 Å². The highest BCUT2D eigenvalue weighted by atomic mass is 35.5. The minimum atomic E-state index is -3.82. The minimum absolute atomic E-state index is 0.0234. The van der Waals surface area contributed by atoms with E-state index in [-0.39, 0.29) is 33.2 Å². The Kier molecular flexibility index (Phi) is 6.50. The largest absolute Gasteiger partial charge is 0.492 e. The van der Waals surface area contributed by atoms with Crippen LogP contribution in [0.25, 0.3) is 0 Å². The molecule has 1 aliphatic rings. The number of hydrogen-bond acceptors (Lipinski definition) is 4. The number of benzene rings is 2. The topological polar surface area (TPSA) is 75.7 Å². The Hall–Kier alpha value is -1.80. The first-order valence-corrected chi connectivity index (χ1v) is 11.0. The lowest BCUT2D eigenvalue weighted by Crippen LogP contribution is -2.31. The molecule has 150 valence electrons. The molecule has 28 heavy (non-hydrogen) atoms. The Morgan fingerprint density at radius 3 is 2.50 bits per heavy atom. The fourth-order valence-electron chi connectivity index (χ4n) is 2.51. The summed E-state index contributed by atoms with van der Waals surface area (Å²) in [5.41, 5.74) is 0.0736. The number of ether oxygens (including phenoxy) is 1. The van der Waals surface area contributed by atoms with Crippen molar-refractivity contribution in [3.8, 4) is 5.75 Å². The number of hydrogen-bond donors (Lipinski definition) is 1. The molecule has 2 aromatic rings. The minimum Gasteiger partial charge on any atom is -0.492 e. The Labute approximate surface area is 174 Å². The van der Waals surface area contributed by atoms with Crippen LogP contribution in [-0.4, -0.2) is 45.5 Å². The molecule has 9 heteroatoms. The number of carbonyl (C=O) groups excluding carboxylic acids is 1. The number of rotatable bonds is 8. The molecule has 1 fully saturated rings. The molecule has 0 bridgehead atoms. The second-order valence-corrected chi connectivity index (χ2v) is 9.04. The molecular weight excluding hydrogens is 423 g/mol. The highest BCUT2D eigenvalue weighted by Crippen LogP contribution is 2.31. The molecule has 1 aliphatic carbocycles. The van der Waals surface area contributed by atoms with E-state index >= 15 is 0 Å². The predicted molar refractivity (Wildman–Crippen MR) is 109 cm³/mol. The van der Waals surface area contributed by atoms with Gasteiger partial charge in [-0.15, -0.1) is 0 Å². The second kappa shape index (κ2) is 8.69. The molecule has 0 atom stereocenters. The standard InChI is InChI=1S/C19H20Cl2N2O4S/c1-23(9-10-27-14-5-3-2-4-6-14)19(24)15-11-18(17(21)12-16(15)20)28(25,26)22-13-7-8-13/h2-6,11-13,22H,7-10H2,1H3. The van der Waals surface area contributed by atoms with Gasteiger partial charge in [0.25, 0.3) is 5.91 Å². The van der Waals surface area contributed by atoms with Crippen molar-refractivity contribution in [1.82, 2.24) is 9.62 Å². The van der Waals surface area contributed by atoms with E-state index in [1.807, 2.05) is 30.3 Å². The molecule has 1 N–H and O–H groups in total. The van der Waals surface area contributed by atoms with Crippen molar-refractivity contribution in [3.05, 3.63) is 58.1 Å². The van der Waals surface area contributed by atoms with Gasteiger partial charge in [0.15, 0.2) is 0 Å². The second-order valence-electron chi connectivity index (χ2n) is 6.55. The maximum atomic E-state index is 12.8. The van der Waals surface area contributed by atoms with Crippen molar-refractivity contribution >= 4 is 39.1 Å². The fourth-order valence-corrected chi connectivity index (χ4v) is 4.67. The zero-order valence-corrected chi connectivity index (χ0v) is 17.5. The molecular formula is C19H20Cl2N2O4S. The van der Waals surface area contributed by atoms with Gasteiger partial charge in [0, 0.05) is 13.1 Å². The van der Waals surface area contributed by atoms with Gasteiger partial charge in [-0.3, -0.25) is 4.79 Å². The Balaban J connectivity index is 1.72. The van der Waals surface area contributed by atoms with Gasteiger partial charge in [-0.05, 0) is 37.1 Å². The lowest BCUT2D eigenvalue weighted by molar-refractivity contribution is 0.0773. The Morgan fingerprint density at radius 1 is 1.18 bits per heavy atom. The number of halogens is 2. The number of nitrogens with zero attached hydrogens (tertiary/aromatic N) is 1. The Morgan fingerprint density at radius 2 is 1.86 bits per heavy atom. The van der Waals surface area contributed by atoms with Gasteiger partial charge in [0.05, 0.1) is 22.2 Å². The van der Waals surface area contributed by atoms with Crippen LogP contribution in [-0.2, 0) is 10.0 Å². The van der Waals surface area contributed by atoms with Crippen LogP contribution in [0.15, 0.2) is 47.4 Å². The Bertz CT molecular complexity index is 963. The fraction of sp³-hybridized carbons (Fsp3) is 0.316. The smallest absolute Gasteiger partial charge is 0.255 e. The van der Waals surface area contributed by atoms with E-state index < -0.39 is 15.9 Å². The van der Waals surface area contributed by atoms with Crippen molar-refractivity contribution in [3.63, 3.8) is 0 Å². The first kappa shape index (κ1) is 20.9. The van der Waals surface area contributed by atoms with Crippen LogP contribution >= 0.6 is 23.2 Å². The third kappa shape index (κ3) is 5.17. The molecule has 0 heterocycles. The maximum Gasteiger partial charge on any atom is 0.255 e. The van der Waals surface area contributed by atoms with Crippen LogP contribution in [0.5, 0.6) is 5.75 Å². The van der Waals surface area contributed by atoms with E-state index in [0.29, 0.717) is 12.3 Å². The summed E-state index contributed by atoms with van der Waals surface area (Å²) >= 11 is 12.2. The van der Waals surface area contributed by atoms with Crippen LogP contribution < -0.4 is 9.46 Å². The van der Waals surface area contributed by atoms with E-state index in [2.05, 4.69) is 4.72 Å². The number of sulfonamides is 1. The molecule has 0 spiro atoms. The van der Waals surface area contributed by atoms with Crippen LogP contribution in [0.2, 0.25) is 10.0 Å². The van der Waals surface area contributed by atoms with E-state index in [1.54, 1.807) is 7.05 Å². The summed E-state index contributed by atoms with van der Waals surface area (Å²) in [5.74, 6) is 0.286. The lowest BCUT2D eigenvalue weighted by Gasteiger charge is -2.19. The predicted octanol–water partition coefficient (Wildman–Crippen LogP) is 3.59. The molecule has 6 nitrogen and oxygen atoms in total. The van der Waals surface area contributed by atoms with Crippen LogP contribution in [0.1, 0.15) is 23.2 Å². The van der Waals surface area contributed by atoms with Crippen molar-refractivity contribution in [2.75, 3.05) is 20.2 Å². The summed E-state index contributed by atoms with van der Waals surface area (Å²) in [6.45, 7) is 0.584. The molecule has 0 saturated heterocycles. The zero-order chi connectivity index (χ0) is 20.3. The van der Waals surface area contributed by atoms with Crippen molar-refractivity contribution < 1.29 is 17.9 Å². The van der Waals surface area contributed by atoms with Crippen LogP contribution in [0, 0.1) is 0 Å². The molecule has 0 aliphatic heterocycles. The molecule has 0 radical (unpaired) electrons. The summed E-state index contributed by atoms with van der Waals surface area (Å²) in [6.07, 6.45) is 1.58. The monoisotopic (exact) mass is 442 g/mol. The van der Waals surface area contributed by atoms with E-state index in [9.17, 15) is 13.2 Å². The van der Waals surface area contributed by atoms with Gasteiger partial charge in [-0.1, -0.05) is 41.4 Å². The summed E-state index contributed by atoms with van der Waals surface area (Å²) in [6, 6.07) is 11.7. The van der Waals surface area contributed by atoms with E-state index in [0.717, 1.165) is 12.8 Å². The van der Waals surface area contributed by atoms with Gasteiger partial charge >= 0.3 is 0 Å². The van der Waals surface area contributed by atoms with Gasteiger partial charge in [-0.2, -0.15) is 0 Å². The highest BCUT2D eigenvalue weighted by molar-refractivity contribution is 7.89. The third-order valence-corrected chi connectivity index (χ3v) is 6.52.